The molecule has 0 aromatic heterocycles. The highest BCUT2D eigenvalue weighted by Gasteiger charge is 2.17. The highest BCUT2D eigenvalue weighted by Crippen LogP contribution is 2.11. The molecule has 6 heteroatoms. The molecule has 0 unspecified atom stereocenters. The molecule has 0 saturated carbocycles. The average molecular weight is 357 g/mol. The SMILES string of the molecule is COc1ccc(CNC(=O)[C@H](C)OC(=O)CCOc2ccccc2)cc1. The Hall–Kier alpha value is -3.02. The van der Waals surface area contributed by atoms with Crippen LogP contribution in [-0.4, -0.2) is 31.7 Å². The van der Waals surface area contributed by atoms with Crippen molar-refractivity contribution in [3.05, 3.63) is 60.2 Å². The third-order valence-electron chi connectivity index (χ3n) is 3.62. The maximum Gasteiger partial charge on any atom is 0.310 e. The first-order chi connectivity index (χ1) is 12.6. The molecule has 26 heavy (non-hydrogen) atoms. The van der Waals surface area contributed by atoms with Crippen LogP contribution in [-0.2, 0) is 20.9 Å². The lowest BCUT2D eigenvalue weighted by atomic mass is 10.2. The summed E-state index contributed by atoms with van der Waals surface area (Å²) in [6, 6.07) is 16.5. The van der Waals surface area contributed by atoms with Gasteiger partial charge >= 0.3 is 5.97 Å². The fourth-order valence-corrected chi connectivity index (χ4v) is 2.15. The molecule has 2 aromatic rings. The van der Waals surface area contributed by atoms with Gasteiger partial charge in [0.05, 0.1) is 20.1 Å². The number of benzene rings is 2. The van der Waals surface area contributed by atoms with E-state index in [9.17, 15) is 9.59 Å². The summed E-state index contributed by atoms with van der Waals surface area (Å²) in [5, 5.41) is 2.74. The van der Waals surface area contributed by atoms with Crippen LogP contribution in [0.5, 0.6) is 11.5 Å². The van der Waals surface area contributed by atoms with Gasteiger partial charge in [0.1, 0.15) is 11.5 Å². The number of nitrogens with one attached hydrogen (secondary N) is 1. The predicted octanol–water partition coefficient (Wildman–Crippen LogP) is 2.71. The number of esters is 1. The van der Waals surface area contributed by atoms with Gasteiger partial charge in [-0.3, -0.25) is 9.59 Å². The van der Waals surface area contributed by atoms with E-state index in [2.05, 4.69) is 5.32 Å². The van der Waals surface area contributed by atoms with Crippen LogP contribution in [0.1, 0.15) is 18.9 Å². The van der Waals surface area contributed by atoms with Crippen LogP contribution < -0.4 is 14.8 Å². The van der Waals surface area contributed by atoms with Crippen molar-refractivity contribution in [2.75, 3.05) is 13.7 Å². The van der Waals surface area contributed by atoms with Gasteiger partial charge in [-0.25, -0.2) is 0 Å². The summed E-state index contributed by atoms with van der Waals surface area (Å²) in [4.78, 5) is 23.8. The zero-order valence-corrected chi connectivity index (χ0v) is 14.9. The Morgan fingerprint density at radius 3 is 2.35 bits per heavy atom. The lowest BCUT2D eigenvalue weighted by Gasteiger charge is -2.14. The highest BCUT2D eigenvalue weighted by molar-refractivity contribution is 5.83. The van der Waals surface area contributed by atoms with E-state index in [4.69, 9.17) is 14.2 Å². The van der Waals surface area contributed by atoms with Crippen molar-refractivity contribution in [2.24, 2.45) is 0 Å². The fraction of sp³-hybridized carbons (Fsp3) is 0.300. The van der Waals surface area contributed by atoms with Crippen molar-refractivity contribution < 1.29 is 23.8 Å². The van der Waals surface area contributed by atoms with Gasteiger partial charge in [-0.15, -0.1) is 0 Å². The summed E-state index contributed by atoms with van der Waals surface area (Å²) in [5.41, 5.74) is 0.925. The number of carbonyl (C=O) groups excluding carboxylic acids is 2. The molecule has 0 bridgehead atoms. The van der Waals surface area contributed by atoms with Gasteiger partial charge in [0.25, 0.3) is 5.91 Å². The van der Waals surface area contributed by atoms with Gasteiger partial charge in [-0.1, -0.05) is 30.3 Å². The lowest BCUT2D eigenvalue weighted by molar-refractivity contribution is -0.155. The Morgan fingerprint density at radius 1 is 1.00 bits per heavy atom. The molecule has 1 N–H and O–H groups in total. The second kappa shape index (κ2) is 10.1. The van der Waals surface area contributed by atoms with Crippen LogP contribution in [0.4, 0.5) is 0 Å². The molecular formula is C20H23NO5. The molecule has 0 spiro atoms. The Balaban J connectivity index is 1.67. The molecule has 1 amide bonds. The molecule has 0 aliphatic heterocycles. The standard InChI is InChI=1S/C20H23NO5/c1-15(20(23)21-14-16-8-10-17(24-2)11-9-16)26-19(22)12-13-25-18-6-4-3-5-7-18/h3-11,15H,12-14H2,1-2H3,(H,21,23)/t15-/m0/s1. The molecule has 138 valence electrons. The number of methoxy groups -OCH3 is 1. The number of rotatable bonds is 9. The Labute approximate surface area is 153 Å². The Kier molecular flexibility index (Phi) is 7.49. The van der Waals surface area contributed by atoms with Crippen LogP contribution in [0, 0.1) is 0 Å². The van der Waals surface area contributed by atoms with Crippen molar-refractivity contribution >= 4 is 11.9 Å². The number of para-hydroxylation sites is 1. The number of ether oxygens (including phenoxy) is 3. The predicted molar refractivity (Wildman–Crippen MR) is 96.9 cm³/mol. The van der Waals surface area contributed by atoms with Crippen LogP contribution in [0.25, 0.3) is 0 Å². The molecule has 1 atom stereocenters. The van der Waals surface area contributed by atoms with Gasteiger partial charge in [-0.05, 0) is 36.8 Å². The highest BCUT2D eigenvalue weighted by atomic mass is 16.5. The topological polar surface area (TPSA) is 73.9 Å². The summed E-state index contributed by atoms with van der Waals surface area (Å²) < 4.78 is 15.6. The molecule has 0 fully saturated rings. The molecule has 6 nitrogen and oxygen atoms in total. The maximum absolute atomic E-state index is 12.0. The van der Waals surface area contributed by atoms with E-state index >= 15 is 0 Å². The minimum absolute atomic E-state index is 0.0744. The van der Waals surface area contributed by atoms with E-state index in [-0.39, 0.29) is 18.9 Å². The normalized spacial score (nSPS) is 11.3. The number of hydrogen-bond acceptors (Lipinski definition) is 5. The molecular weight excluding hydrogens is 334 g/mol. The van der Waals surface area contributed by atoms with Crippen molar-refractivity contribution in [1.82, 2.24) is 5.32 Å². The van der Waals surface area contributed by atoms with Crippen LogP contribution >= 0.6 is 0 Å². The summed E-state index contributed by atoms with van der Waals surface area (Å²) in [5.74, 6) is 0.608. The monoisotopic (exact) mass is 357 g/mol. The molecule has 0 aliphatic carbocycles. The molecule has 0 aliphatic rings. The third-order valence-corrected chi connectivity index (χ3v) is 3.62. The van der Waals surface area contributed by atoms with E-state index < -0.39 is 12.1 Å². The van der Waals surface area contributed by atoms with E-state index in [0.29, 0.717) is 12.3 Å². The number of amides is 1. The quantitative estimate of drug-likeness (QED) is 0.699. The second-order valence-corrected chi connectivity index (χ2v) is 5.61. The largest absolute Gasteiger partial charge is 0.497 e. The fourth-order valence-electron chi connectivity index (χ4n) is 2.15. The van der Waals surface area contributed by atoms with Crippen LogP contribution in [0.2, 0.25) is 0 Å². The minimum Gasteiger partial charge on any atom is -0.497 e. The Morgan fingerprint density at radius 2 is 1.69 bits per heavy atom. The molecule has 2 rings (SSSR count). The second-order valence-electron chi connectivity index (χ2n) is 5.61. The van der Waals surface area contributed by atoms with E-state index in [1.54, 1.807) is 26.2 Å². The zero-order valence-electron chi connectivity index (χ0n) is 14.9. The van der Waals surface area contributed by atoms with Crippen LogP contribution in [0.3, 0.4) is 0 Å². The minimum atomic E-state index is -0.863. The average Bonchev–Trinajstić information content (AvgIpc) is 2.67. The Bertz CT molecular complexity index is 700. The summed E-state index contributed by atoms with van der Waals surface area (Å²) in [6.45, 7) is 2.09. The summed E-state index contributed by atoms with van der Waals surface area (Å²) in [7, 11) is 1.59. The zero-order chi connectivity index (χ0) is 18.8. The number of carbonyl (C=O) groups is 2. The van der Waals surface area contributed by atoms with Gasteiger partial charge in [0.2, 0.25) is 0 Å². The van der Waals surface area contributed by atoms with Crippen molar-refractivity contribution in [1.29, 1.82) is 0 Å². The van der Waals surface area contributed by atoms with Crippen molar-refractivity contribution in [3.8, 4) is 11.5 Å². The number of hydrogen-bond donors (Lipinski definition) is 1. The van der Waals surface area contributed by atoms with Gasteiger partial charge < -0.3 is 19.5 Å². The summed E-state index contributed by atoms with van der Waals surface area (Å²) in [6.07, 6.45) is -0.789. The molecule has 0 radical (unpaired) electrons. The summed E-state index contributed by atoms with van der Waals surface area (Å²) >= 11 is 0. The van der Waals surface area contributed by atoms with Gasteiger partial charge in [-0.2, -0.15) is 0 Å². The van der Waals surface area contributed by atoms with Crippen molar-refractivity contribution in [2.45, 2.75) is 26.0 Å². The third kappa shape index (κ3) is 6.47. The lowest BCUT2D eigenvalue weighted by Crippen LogP contribution is -2.35. The molecule has 0 heterocycles. The molecule has 2 aromatic carbocycles. The van der Waals surface area contributed by atoms with E-state index in [1.807, 2.05) is 42.5 Å². The van der Waals surface area contributed by atoms with E-state index in [0.717, 1.165) is 11.3 Å². The van der Waals surface area contributed by atoms with E-state index in [1.165, 1.54) is 0 Å². The molecule has 0 saturated heterocycles. The first kappa shape index (κ1) is 19.3. The maximum atomic E-state index is 12.0. The van der Waals surface area contributed by atoms with Gasteiger partial charge in [0.15, 0.2) is 6.10 Å². The van der Waals surface area contributed by atoms with Crippen molar-refractivity contribution in [3.63, 3.8) is 0 Å². The first-order valence-corrected chi connectivity index (χ1v) is 8.36. The smallest absolute Gasteiger partial charge is 0.310 e. The first-order valence-electron chi connectivity index (χ1n) is 8.36. The van der Waals surface area contributed by atoms with Crippen LogP contribution in [0.15, 0.2) is 54.6 Å². The van der Waals surface area contributed by atoms with Gasteiger partial charge in [0, 0.05) is 6.54 Å².